The third-order valence-electron chi connectivity index (χ3n) is 4.91. The maximum atomic E-state index is 12.5. The number of aromatic nitrogens is 4. The number of carbonyl (C=O) groups excluding carboxylic acids is 1. The zero-order chi connectivity index (χ0) is 19.3. The highest BCUT2D eigenvalue weighted by atomic mass is 16.5. The minimum absolute atomic E-state index is 0.0378. The lowest BCUT2D eigenvalue weighted by Crippen LogP contribution is -2.37. The molecule has 2 aromatic heterocycles. The zero-order valence-electron chi connectivity index (χ0n) is 16.0. The predicted molar refractivity (Wildman–Crippen MR) is 105 cm³/mol. The van der Waals surface area contributed by atoms with Gasteiger partial charge < -0.3 is 14.5 Å². The van der Waals surface area contributed by atoms with Crippen LogP contribution < -0.4 is 4.90 Å². The number of anilines is 1. The van der Waals surface area contributed by atoms with Crippen molar-refractivity contribution in [2.24, 2.45) is 0 Å². The number of rotatable bonds is 5. The summed E-state index contributed by atoms with van der Waals surface area (Å²) < 4.78 is 7.36. The maximum absolute atomic E-state index is 12.5. The fraction of sp³-hybridized carbons (Fsp3) is 0.400. The first-order chi connectivity index (χ1) is 13.7. The van der Waals surface area contributed by atoms with E-state index in [9.17, 15) is 4.79 Å². The van der Waals surface area contributed by atoms with Crippen molar-refractivity contribution < 1.29 is 9.53 Å². The summed E-state index contributed by atoms with van der Waals surface area (Å²) in [7, 11) is 0. The molecule has 146 valence electrons. The Kier molecular flexibility index (Phi) is 5.48. The van der Waals surface area contributed by atoms with Gasteiger partial charge in [0.15, 0.2) is 11.5 Å². The Labute approximate surface area is 163 Å². The molecule has 0 spiro atoms. The normalized spacial score (nSPS) is 15.0. The van der Waals surface area contributed by atoms with Crippen molar-refractivity contribution in [2.45, 2.75) is 20.0 Å². The summed E-state index contributed by atoms with van der Waals surface area (Å²) in [6, 6.07) is 13.8. The Hall–Kier alpha value is -3.00. The topological polar surface area (TPSA) is 75.9 Å². The third kappa shape index (κ3) is 4.12. The molecule has 8 heteroatoms. The molecule has 0 radical (unpaired) electrons. The molecule has 0 bridgehead atoms. The van der Waals surface area contributed by atoms with Gasteiger partial charge in [0, 0.05) is 26.2 Å². The highest BCUT2D eigenvalue weighted by Gasteiger charge is 2.20. The van der Waals surface area contributed by atoms with Crippen molar-refractivity contribution in [2.75, 3.05) is 37.7 Å². The van der Waals surface area contributed by atoms with Crippen LogP contribution in [-0.4, -0.2) is 63.4 Å². The average Bonchev–Trinajstić information content (AvgIpc) is 2.93. The standard InChI is InChI=1S/C20H24N6O2/c1-16-21-22-18-8-9-19(23-26(16)18)24-10-5-11-25(13-12-24)20(27)15-28-14-17-6-3-2-4-7-17/h2-4,6-9H,5,10-15H2,1H3. The monoisotopic (exact) mass is 380 g/mol. The van der Waals surface area contributed by atoms with E-state index < -0.39 is 0 Å². The first-order valence-electron chi connectivity index (χ1n) is 9.54. The molecule has 28 heavy (non-hydrogen) atoms. The van der Waals surface area contributed by atoms with E-state index in [2.05, 4.69) is 20.2 Å². The summed E-state index contributed by atoms with van der Waals surface area (Å²) in [5.74, 6) is 1.68. The molecule has 8 nitrogen and oxygen atoms in total. The van der Waals surface area contributed by atoms with E-state index in [0.717, 1.165) is 48.9 Å². The molecule has 3 aromatic rings. The third-order valence-corrected chi connectivity index (χ3v) is 4.91. The molecule has 3 heterocycles. The van der Waals surface area contributed by atoms with Crippen LogP contribution in [0.2, 0.25) is 0 Å². The van der Waals surface area contributed by atoms with E-state index in [0.29, 0.717) is 13.2 Å². The molecule has 0 unspecified atom stereocenters. The number of hydrogen-bond acceptors (Lipinski definition) is 6. The maximum Gasteiger partial charge on any atom is 0.248 e. The van der Waals surface area contributed by atoms with Crippen LogP contribution in [0, 0.1) is 6.92 Å². The van der Waals surface area contributed by atoms with Crippen molar-refractivity contribution in [1.29, 1.82) is 0 Å². The highest BCUT2D eigenvalue weighted by Crippen LogP contribution is 2.15. The molecule has 1 saturated heterocycles. The second kappa shape index (κ2) is 8.35. The number of nitrogens with zero attached hydrogens (tertiary/aromatic N) is 6. The van der Waals surface area contributed by atoms with Gasteiger partial charge in [-0.25, -0.2) is 0 Å². The van der Waals surface area contributed by atoms with Gasteiger partial charge in [-0.1, -0.05) is 30.3 Å². The Bertz CT molecular complexity index is 942. The van der Waals surface area contributed by atoms with E-state index in [1.807, 2.05) is 54.3 Å². The summed E-state index contributed by atoms with van der Waals surface area (Å²) in [6.45, 7) is 5.44. The van der Waals surface area contributed by atoms with Crippen LogP contribution in [0.5, 0.6) is 0 Å². The molecule has 1 aliphatic heterocycles. The van der Waals surface area contributed by atoms with Gasteiger partial charge in [-0.2, -0.15) is 4.52 Å². The van der Waals surface area contributed by atoms with E-state index in [1.54, 1.807) is 4.52 Å². The summed E-state index contributed by atoms with van der Waals surface area (Å²) in [5, 5.41) is 12.8. The molecule has 1 amide bonds. The lowest BCUT2D eigenvalue weighted by atomic mass is 10.2. The highest BCUT2D eigenvalue weighted by molar-refractivity contribution is 5.77. The number of hydrogen-bond donors (Lipinski definition) is 0. The van der Waals surface area contributed by atoms with Gasteiger partial charge in [-0.15, -0.1) is 15.3 Å². The molecule has 0 saturated carbocycles. The summed E-state index contributed by atoms with van der Waals surface area (Å²) in [4.78, 5) is 16.6. The summed E-state index contributed by atoms with van der Waals surface area (Å²) in [6.07, 6.45) is 0.894. The van der Waals surface area contributed by atoms with Gasteiger partial charge in [0.2, 0.25) is 5.91 Å². The molecule has 0 aliphatic carbocycles. The van der Waals surface area contributed by atoms with E-state index in [1.165, 1.54) is 0 Å². The lowest BCUT2D eigenvalue weighted by Gasteiger charge is -2.22. The van der Waals surface area contributed by atoms with Crippen LogP contribution in [-0.2, 0) is 16.1 Å². The fourth-order valence-corrected chi connectivity index (χ4v) is 3.37. The van der Waals surface area contributed by atoms with Gasteiger partial charge in [-0.3, -0.25) is 4.79 Å². The Morgan fingerprint density at radius 3 is 2.75 bits per heavy atom. The van der Waals surface area contributed by atoms with Gasteiger partial charge in [0.1, 0.15) is 12.4 Å². The molecular formula is C20H24N6O2. The Morgan fingerprint density at radius 1 is 1.04 bits per heavy atom. The van der Waals surface area contributed by atoms with Gasteiger partial charge in [-0.05, 0) is 31.0 Å². The van der Waals surface area contributed by atoms with Crippen LogP contribution in [0.15, 0.2) is 42.5 Å². The molecule has 1 aliphatic rings. The summed E-state index contributed by atoms with van der Waals surface area (Å²) in [5.41, 5.74) is 1.81. The van der Waals surface area contributed by atoms with Crippen LogP contribution in [0.3, 0.4) is 0 Å². The molecule has 1 aromatic carbocycles. The van der Waals surface area contributed by atoms with Gasteiger partial charge in [0.25, 0.3) is 0 Å². The quantitative estimate of drug-likeness (QED) is 0.670. The Morgan fingerprint density at radius 2 is 1.89 bits per heavy atom. The Balaban J connectivity index is 1.32. The van der Waals surface area contributed by atoms with Crippen LogP contribution in [0.4, 0.5) is 5.82 Å². The van der Waals surface area contributed by atoms with Crippen molar-refractivity contribution >= 4 is 17.4 Å². The van der Waals surface area contributed by atoms with Crippen molar-refractivity contribution in [3.63, 3.8) is 0 Å². The second-order valence-corrected chi connectivity index (χ2v) is 6.91. The van der Waals surface area contributed by atoms with Crippen molar-refractivity contribution in [3.8, 4) is 0 Å². The van der Waals surface area contributed by atoms with Gasteiger partial charge >= 0.3 is 0 Å². The number of ether oxygens (including phenoxy) is 1. The SMILES string of the molecule is Cc1nnc2ccc(N3CCCN(C(=O)COCc4ccccc4)CC3)nn12. The molecule has 1 fully saturated rings. The van der Waals surface area contributed by atoms with E-state index in [4.69, 9.17) is 4.74 Å². The van der Waals surface area contributed by atoms with Crippen molar-refractivity contribution in [3.05, 3.63) is 53.9 Å². The zero-order valence-corrected chi connectivity index (χ0v) is 16.0. The minimum atomic E-state index is 0.0378. The van der Waals surface area contributed by atoms with E-state index in [-0.39, 0.29) is 12.5 Å². The molecule has 4 rings (SSSR count). The largest absolute Gasteiger partial charge is 0.367 e. The molecule has 0 N–H and O–H groups in total. The smallest absolute Gasteiger partial charge is 0.248 e. The molecule has 0 atom stereocenters. The first-order valence-corrected chi connectivity index (χ1v) is 9.54. The number of benzene rings is 1. The number of carbonyl (C=O) groups is 1. The van der Waals surface area contributed by atoms with Crippen LogP contribution in [0.1, 0.15) is 17.8 Å². The average molecular weight is 380 g/mol. The van der Waals surface area contributed by atoms with Crippen LogP contribution >= 0.6 is 0 Å². The first kappa shape index (κ1) is 18.4. The van der Waals surface area contributed by atoms with Crippen molar-refractivity contribution in [1.82, 2.24) is 24.7 Å². The lowest BCUT2D eigenvalue weighted by molar-refractivity contribution is -0.136. The number of aryl methyl sites for hydroxylation is 1. The number of amides is 1. The minimum Gasteiger partial charge on any atom is -0.367 e. The van der Waals surface area contributed by atoms with E-state index >= 15 is 0 Å². The summed E-state index contributed by atoms with van der Waals surface area (Å²) >= 11 is 0. The van der Waals surface area contributed by atoms with Gasteiger partial charge in [0.05, 0.1) is 6.61 Å². The number of fused-ring (bicyclic) bond motifs is 1. The van der Waals surface area contributed by atoms with Crippen LogP contribution in [0.25, 0.3) is 5.65 Å². The fourth-order valence-electron chi connectivity index (χ4n) is 3.37. The predicted octanol–water partition coefficient (Wildman–Crippen LogP) is 1.69. The second-order valence-electron chi connectivity index (χ2n) is 6.91. The molecular weight excluding hydrogens is 356 g/mol.